The largest absolute Gasteiger partial charge is 0.508 e. The molecule has 0 aromatic carbocycles. The Morgan fingerprint density at radius 1 is 0.850 bits per heavy atom. The van der Waals surface area contributed by atoms with Crippen LogP contribution in [0.15, 0.2) is 0 Å². The first-order chi connectivity index (χ1) is 9.66. The van der Waals surface area contributed by atoms with Crippen LogP contribution in [-0.2, 0) is 9.47 Å². The van der Waals surface area contributed by atoms with E-state index in [1.807, 2.05) is 0 Å². The van der Waals surface area contributed by atoms with E-state index in [0.29, 0.717) is 13.2 Å². The fourth-order valence-electron chi connectivity index (χ4n) is 1.91. The molecule has 0 saturated carbocycles. The van der Waals surface area contributed by atoms with E-state index in [9.17, 15) is 4.79 Å². The number of hydrogen-bond donors (Lipinski definition) is 0. The maximum Gasteiger partial charge on any atom is 0.508 e. The normalized spacial score (nSPS) is 10.8. The molecule has 0 aliphatic carbocycles. The Balaban J connectivity index is 3.15. The summed E-state index contributed by atoms with van der Waals surface area (Å²) in [5, 5.41) is 1.01. The molecule has 0 fully saturated rings. The maximum absolute atomic E-state index is 11.2. The van der Waals surface area contributed by atoms with Gasteiger partial charge in [-0.25, -0.2) is 4.79 Å². The monoisotopic (exact) mass is 350 g/mol. The fraction of sp³-hybridized carbons (Fsp3) is 0.938. The lowest BCUT2D eigenvalue weighted by atomic mass is 10.0. The van der Waals surface area contributed by atoms with E-state index in [4.69, 9.17) is 9.47 Å². The fourth-order valence-corrected chi connectivity index (χ4v) is 2.31. The summed E-state index contributed by atoms with van der Waals surface area (Å²) in [6.45, 7) is 5.49. The molecule has 0 aromatic rings. The molecule has 0 spiro atoms. The van der Waals surface area contributed by atoms with Gasteiger partial charge >= 0.3 is 6.16 Å². The van der Waals surface area contributed by atoms with Crippen LogP contribution >= 0.6 is 15.9 Å². The molecule has 0 aliphatic rings. The van der Waals surface area contributed by atoms with Crippen LogP contribution in [0.3, 0.4) is 0 Å². The average Bonchev–Trinajstić information content (AvgIpc) is 2.41. The average molecular weight is 351 g/mol. The van der Waals surface area contributed by atoms with E-state index in [1.165, 1.54) is 25.7 Å². The van der Waals surface area contributed by atoms with Gasteiger partial charge in [-0.3, -0.25) is 0 Å². The molecular formula is C16H31BrO3. The Bertz CT molecular complexity index is 220. The molecule has 0 bridgehead atoms. The second kappa shape index (κ2) is 15.1. The quantitative estimate of drug-likeness (QED) is 0.242. The number of alkyl halides is 1. The zero-order valence-electron chi connectivity index (χ0n) is 13.2. The first-order valence-corrected chi connectivity index (χ1v) is 9.14. The summed E-state index contributed by atoms with van der Waals surface area (Å²) in [5.41, 5.74) is 0. The molecule has 0 rings (SSSR count). The van der Waals surface area contributed by atoms with Crippen molar-refractivity contribution in [2.45, 2.75) is 71.6 Å². The minimum Gasteiger partial charge on any atom is -0.434 e. The summed E-state index contributed by atoms with van der Waals surface area (Å²) in [7, 11) is 0. The van der Waals surface area contributed by atoms with Crippen molar-refractivity contribution in [3.8, 4) is 0 Å². The molecular weight excluding hydrogens is 320 g/mol. The van der Waals surface area contributed by atoms with Gasteiger partial charge in [-0.2, -0.15) is 0 Å². The third kappa shape index (κ3) is 15.8. The molecule has 0 radical (unpaired) electrons. The molecule has 120 valence electrons. The third-order valence-electron chi connectivity index (χ3n) is 3.14. The number of carbonyl (C=O) groups excluding carboxylic acids is 1. The predicted octanol–water partition coefficient (Wildman–Crippen LogP) is 5.70. The molecule has 0 N–H and O–H groups in total. The van der Waals surface area contributed by atoms with Gasteiger partial charge in [0, 0.05) is 5.33 Å². The van der Waals surface area contributed by atoms with E-state index in [-0.39, 0.29) is 0 Å². The van der Waals surface area contributed by atoms with Crippen LogP contribution in [0.1, 0.15) is 71.6 Å². The maximum atomic E-state index is 11.2. The molecule has 0 amide bonds. The van der Waals surface area contributed by atoms with E-state index < -0.39 is 6.16 Å². The zero-order valence-corrected chi connectivity index (χ0v) is 14.8. The number of rotatable bonds is 13. The van der Waals surface area contributed by atoms with Gasteiger partial charge in [0.15, 0.2) is 0 Å². The van der Waals surface area contributed by atoms with Crippen LogP contribution < -0.4 is 0 Å². The highest BCUT2D eigenvalue weighted by molar-refractivity contribution is 9.09. The summed E-state index contributed by atoms with van der Waals surface area (Å²) in [6, 6.07) is 0. The van der Waals surface area contributed by atoms with Crippen molar-refractivity contribution in [3.05, 3.63) is 0 Å². The van der Waals surface area contributed by atoms with Crippen LogP contribution in [0.4, 0.5) is 4.79 Å². The molecule has 4 heteroatoms. The zero-order chi connectivity index (χ0) is 15.1. The van der Waals surface area contributed by atoms with E-state index >= 15 is 0 Å². The van der Waals surface area contributed by atoms with Gasteiger partial charge in [0.1, 0.15) is 0 Å². The first kappa shape index (κ1) is 19.8. The summed E-state index contributed by atoms with van der Waals surface area (Å²) < 4.78 is 10.0. The van der Waals surface area contributed by atoms with Crippen molar-refractivity contribution < 1.29 is 14.3 Å². The van der Waals surface area contributed by atoms with Gasteiger partial charge in [-0.1, -0.05) is 61.9 Å². The van der Waals surface area contributed by atoms with Crippen molar-refractivity contribution >= 4 is 22.1 Å². The highest BCUT2D eigenvalue weighted by atomic mass is 79.9. The van der Waals surface area contributed by atoms with E-state index in [1.54, 1.807) is 0 Å². The smallest absolute Gasteiger partial charge is 0.434 e. The number of halogens is 1. The lowest BCUT2D eigenvalue weighted by Gasteiger charge is -2.06. The van der Waals surface area contributed by atoms with E-state index in [2.05, 4.69) is 29.8 Å². The summed E-state index contributed by atoms with van der Waals surface area (Å²) in [6.07, 6.45) is 9.84. The van der Waals surface area contributed by atoms with Crippen molar-refractivity contribution in [1.29, 1.82) is 0 Å². The highest BCUT2D eigenvalue weighted by Crippen LogP contribution is 2.10. The van der Waals surface area contributed by atoms with Crippen molar-refractivity contribution in [3.63, 3.8) is 0 Å². The molecule has 3 nitrogen and oxygen atoms in total. The second-order valence-corrected chi connectivity index (χ2v) is 6.44. The second-order valence-electron chi connectivity index (χ2n) is 5.65. The van der Waals surface area contributed by atoms with E-state index in [0.717, 1.165) is 43.4 Å². The van der Waals surface area contributed by atoms with Crippen LogP contribution in [0.25, 0.3) is 0 Å². The van der Waals surface area contributed by atoms with Gasteiger partial charge < -0.3 is 9.47 Å². The minimum absolute atomic E-state index is 0.473. The Labute approximate surface area is 132 Å². The van der Waals surface area contributed by atoms with Crippen molar-refractivity contribution in [2.24, 2.45) is 5.92 Å². The first-order valence-electron chi connectivity index (χ1n) is 8.02. The number of ether oxygens (including phenoxy) is 2. The molecule has 0 aromatic heterocycles. The summed E-state index contributed by atoms with van der Waals surface area (Å²) in [4.78, 5) is 11.2. The topological polar surface area (TPSA) is 35.5 Å². The van der Waals surface area contributed by atoms with Gasteiger partial charge in [0.05, 0.1) is 13.2 Å². The van der Waals surface area contributed by atoms with Crippen LogP contribution in [0.5, 0.6) is 0 Å². The Kier molecular flexibility index (Phi) is 15.0. The number of hydrogen-bond acceptors (Lipinski definition) is 3. The Morgan fingerprint density at radius 2 is 1.35 bits per heavy atom. The summed E-state index contributed by atoms with van der Waals surface area (Å²) in [5.74, 6) is 0.808. The summed E-state index contributed by atoms with van der Waals surface area (Å²) >= 11 is 3.37. The van der Waals surface area contributed by atoms with Gasteiger partial charge in [-0.05, 0) is 31.6 Å². The van der Waals surface area contributed by atoms with Crippen LogP contribution in [0, 0.1) is 5.92 Å². The number of unbranched alkanes of at least 4 members (excludes halogenated alkanes) is 6. The molecule has 0 aliphatic heterocycles. The Morgan fingerprint density at radius 3 is 1.90 bits per heavy atom. The van der Waals surface area contributed by atoms with Gasteiger partial charge in [-0.15, -0.1) is 0 Å². The standard InChI is InChI=1S/C16H31BrO3/c1-15(2)11-7-4-3-5-9-13-19-16(18)20-14-10-6-8-12-17/h15H,3-14H2,1-2H3. The van der Waals surface area contributed by atoms with Crippen molar-refractivity contribution in [2.75, 3.05) is 18.5 Å². The molecule has 20 heavy (non-hydrogen) atoms. The van der Waals surface area contributed by atoms with Gasteiger partial charge in [0.25, 0.3) is 0 Å². The lowest BCUT2D eigenvalue weighted by Crippen LogP contribution is -2.09. The molecule has 0 atom stereocenters. The SMILES string of the molecule is CC(C)CCCCCCCOC(=O)OCCCCCBr. The predicted molar refractivity (Wildman–Crippen MR) is 87.5 cm³/mol. The third-order valence-corrected chi connectivity index (χ3v) is 3.70. The van der Waals surface area contributed by atoms with Crippen molar-refractivity contribution in [1.82, 2.24) is 0 Å². The molecule has 0 unspecified atom stereocenters. The molecule has 0 saturated heterocycles. The van der Waals surface area contributed by atoms with Gasteiger partial charge in [0.2, 0.25) is 0 Å². The van der Waals surface area contributed by atoms with Crippen LogP contribution in [-0.4, -0.2) is 24.7 Å². The highest BCUT2D eigenvalue weighted by Gasteiger charge is 2.02. The lowest BCUT2D eigenvalue weighted by molar-refractivity contribution is 0.0530. The molecule has 0 heterocycles. The Hall–Kier alpha value is -0.250. The van der Waals surface area contributed by atoms with Crippen LogP contribution in [0.2, 0.25) is 0 Å². The minimum atomic E-state index is -0.511. The number of carbonyl (C=O) groups is 1.